The number of fused-ring (bicyclic) bond motifs is 3. The van der Waals surface area contributed by atoms with Gasteiger partial charge < -0.3 is 20.2 Å². The van der Waals surface area contributed by atoms with Crippen LogP contribution in [-0.4, -0.2) is 9.97 Å². The first-order valence-electron chi connectivity index (χ1n) is 5.27. The minimum Gasteiger partial charge on any atom is -0.444 e. The van der Waals surface area contributed by atoms with Gasteiger partial charge in [0.15, 0.2) is 0 Å². The molecule has 1 aromatic carbocycles. The Morgan fingerprint density at radius 2 is 1.10 bits per heavy atom. The standard InChI is InChI=1S/C12H8N2.2HNO2.Pd/c1-3-9-5-6-10-4-2-8-14-12(10)11(9)13-7-1;2*2-1-3;/h1-8H;2*(H,2,3);/p-2. The van der Waals surface area contributed by atoms with Crippen molar-refractivity contribution in [2.24, 2.45) is 10.7 Å². The Balaban J connectivity index is 0.000000502. The summed E-state index contributed by atoms with van der Waals surface area (Å²) in [5.41, 5.74) is 1.95. The molecule has 8 nitrogen and oxygen atoms in total. The first-order chi connectivity index (χ1) is 9.78. The minimum absolute atomic E-state index is 0. The van der Waals surface area contributed by atoms with Crippen LogP contribution in [0.25, 0.3) is 21.8 Å². The van der Waals surface area contributed by atoms with Crippen LogP contribution in [-0.2, 0) is 20.4 Å². The predicted molar refractivity (Wildman–Crippen MR) is 75.4 cm³/mol. The fourth-order valence-electron chi connectivity index (χ4n) is 1.68. The van der Waals surface area contributed by atoms with E-state index in [4.69, 9.17) is 20.2 Å². The molecule has 0 saturated carbocycles. The van der Waals surface area contributed by atoms with Gasteiger partial charge in [-0.1, -0.05) is 24.3 Å². The van der Waals surface area contributed by atoms with Crippen molar-refractivity contribution in [1.29, 1.82) is 0 Å². The van der Waals surface area contributed by atoms with Crippen molar-refractivity contribution >= 4 is 21.8 Å². The zero-order valence-electron chi connectivity index (χ0n) is 10.4. The van der Waals surface area contributed by atoms with Gasteiger partial charge in [0, 0.05) is 43.6 Å². The molecule has 2 aromatic heterocycles. The molecule has 0 spiro atoms. The van der Waals surface area contributed by atoms with Crippen molar-refractivity contribution in [3.63, 3.8) is 0 Å². The normalized spacial score (nSPS) is 8.38. The fourth-order valence-corrected chi connectivity index (χ4v) is 1.68. The van der Waals surface area contributed by atoms with Crippen molar-refractivity contribution in [3.05, 3.63) is 69.0 Å². The molecule has 0 aliphatic heterocycles. The van der Waals surface area contributed by atoms with Crippen LogP contribution >= 0.6 is 0 Å². The van der Waals surface area contributed by atoms with Crippen LogP contribution in [0.2, 0.25) is 0 Å². The minimum atomic E-state index is 0. The Bertz CT molecular complexity index is 650. The van der Waals surface area contributed by atoms with Crippen LogP contribution in [0.5, 0.6) is 0 Å². The van der Waals surface area contributed by atoms with E-state index in [2.05, 4.69) is 34.2 Å². The van der Waals surface area contributed by atoms with E-state index in [0.29, 0.717) is 0 Å². The van der Waals surface area contributed by atoms with E-state index in [-0.39, 0.29) is 20.4 Å². The van der Waals surface area contributed by atoms with Gasteiger partial charge in [-0.3, -0.25) is 9.97 Å². The predicted octanol–water partition coefficient (Wildman–Crippen LogP) is 3.28. The second-order valence-corrected chi connectivity index (χ2v) is 3.36. The summed E-state index contributed by atoms with van der Waals surface area (Å²) in [4.78, 5) is 24.7. The third kappa shape index (κ3) is 5.18. The van der Waals surface area contributed by atoms with Gasteiger partial charge in [-0.25, -0.2) is 0 Å². The molecule has 2 heterocycles. The Morgan fingerprint density at radius 1 is 0.762 bits per heavy atom. The number of hydrogen-bond acceptors (Lipinski definition) is 8. The van der Waals surface area contributed by atoms with Gasteiger partial charge in [-0.2, -0.15) is 0 Å². The van der Waals surface area contributed by atoms with Crippen LogP contribution in [0.3, 0.4) is 0 Å². The quantitative estimate of drug-likeness (QED) is 0.255. The van der Waals surface area contributed by atoms with E-state index in [0.717, 1.165) is 32.5 Å². The Morgan fingerprint density at radius 3 is 1.43 bits per heavy atom. The van der Waals surface area contributed by atoms with Crippen LogP contribution in [0.4, 0.5) is 0 Å². The largest absolute Gasteiger partial charge is 0.444 e. The van der Waals surface area contributed by atoms with E-state index in [1.54, 1.807) is 12.4 Å². The summed E-state index contributed by atoms with van der Waals surface area (Å²) in [6, 6.07) is 12.1. The van der Waals surface area contributed by atoms with Gasteiger partial charge in [-0.05, 0) is 12.1 Å². The second kappa shape index (κ2) is 10.3. The van der Waals surface area contributed by atoms with Gasteiger partial charge in [0.25, 0.3) is 0 Å². The number of pyridine rings is 2. The molecule has 0 atom stereocenters. The molecule has 0 N–H and O–H groups in total. The number of aromatic nitrogens is 2. The summed E-state index contributed by atoms with van der Waals surface area (Å²) in [6.07, 6.45) is 3.60. The SMILES string of the molecule is O=N[O-].O=N[O-].[Pd].c1cnc2c(c1)ccc1cccnc12. The summed E-state index contributed by atoms with van der Waals surface area (Å²) < 4.78 is 0. The first-order valence-corrected chi connectivity index (χ1v) is 5.27. The number of hydrogen-bond donors (Lipinski definition) is 0. The van der Waals surface area contributed by atoms with Gasteiger partial charge >= 0.3 is 0 Å². The van der Waals surface area contributed by atoms with Crippen LogP contribution in [0.15, 0.2) is 59.5 Å². The van der Waals surface area contributed by atoms with E-state index >= 15 is 0 Å². The van der Waals surface area contributed by atoms with Gasteiger partial charge in [-0.15, -0.1) is 10.7 Å². The summed E-state index contributed by atoms with van der Waals surface area (Å²) in [5, 5.41) is 20.3. The smallest absolute Gasteiger partial charge is 0.0964 e. The van der Waals surface area contributed by atoms with Crippen LogP contribution < -0.4 is 0 Å². The zero-order chi connectivity index (χ0) is 14.8. The molecule has 0 aliphatic carbocycles. The maximum absolute atomic E-state index is 8.00. The van der Waals surface area contributed by atoms with Crippen LogP contribution in [0, 0.1) is 20.2 Å². The Hall–Kier alpha value is -2.50. The average Bonchev–Trinajstić information content (AvgIpc) is 2.49. The fraction of sp³-hybridized carbons (Fsp3) is 0. The van der Waals surface area contributed by atoms with Crippen LogP contribution in [0.1, 0.15) is 0 Å². The molecule has 0 saturated heterocycles. The summed E-state index contributed by atoms with van der Waals surface area (Å²) in [5.74, 6) is 0. The van der Waals surface area contributed by atoms with Crippen molar-refractivity contribution in [1.82, 2.24) is 9.97 Å². The molecule has 3 rings (SSSR count). The van der Waals surface area contributed by atoms with Gasteiger partial charge in [0.05, 0.1) is 11.0 Å². The van der Waals surface area contributed by atoms with Crippen molar-refractivity contribution in [2.75, 3.05) is 0 Å². The third-order valence-electron chi connectivity index (χ3n) is 2.34. The Kier molecular flexibility index (Phi) is 9.08. The molecule has 112 valence electrons. The number of rotatable bonds is 0. The third-order valence-corrected chi connectivity index (χ3v) is 2.34. The molecule has 0 unspecified atom stereocenters. The molecule has 21 heavy (non-hydrogen) atoms. The zero-order valence-corrected chi connectivity index (χ0v) is 11.9. The van der Waals surface area contributed by atoms with Gasteiger partial charge in [0.1, 0.15) is 0 Å². The topological polar surface area (TPSA) is 131 Å². The molecular formula is C12H8N4O4Pd-2. The van der Waals surface area contributed by atoms with E-state index < -0.39 is 0 Å². The van der Waals surface area contributed by atoms with E-state index in [1.165, 1.54) is 0 Å². The second-order valence-electron chi connectivity index (χ2n) is 3.36. The molecule has 0 fully saturated rings. The molecular weight excluding hydrogens is 371 g/mol. The summed E-state index contributed by atoms with van der Waals surface area (Å²) in [6.45, 7) is 0. The Labute approximate surface area is 132 Å². The molecule has 0 bridgehead atoms. The summed E-state index contributed by atoms with van der Waals surface area (Å²) >= 11 is 0. The molecule has 3 aromatic rings. The first kappa shape index (κ1) is 18.5. The van der Waals surface area contributed by atoms with Crippen molar-refractivity contribution < 1.29 is 20.4 Å². The van der Waals surface area contributed by atoms with Crippen molar-refractivity contribution in [2.45, 2.75) is 0 Å². The maximum atomic E-state index is 8.00. The van der Waals surface area contributed by atoms with Gasteiger partial charge in [0.2, 0.25) is 0 Å². The van der Waals surface area contributed by atoms with Crippen molar-refractivity contribution in [3.8, 4) is 0 Å². The monoisotopic (exact) mass is 378 g/mol. The molecule has 0 radical (unpaired) electrons. The molecule has 0 amide bonds. The molecule has 9 heteroatoms. The number of nitrogens with zero attached hydrogens (tertiary/aromatic N) is 4. The average molecular weight is 379 g/mol. The molecule has 0 aliphatic rings. The summed E-state index contributed by atoms with van der Waals surface area (Å²) in [7, 11) is 0. The maximum Gasteiger partial charge on any atom is 0.0964 e. The number of benzene rings is 1. The van der Waals surface area contributed by atoms with E-state index in [1.807, 2.05) is 12.1 Å². The van der Waals surface area contributed by atoms with E-state index in [9.17, 15) is 0 Å².